The van der Waals surface area contributed by atoms with Gasteiger partial charge < -0.3 is 15.0 Å². The van der Waals surface area contributed by atoms with Crippen molar-refractivity contribution in [3.8, 4) is 0 Å². The molecule has 16 heavy (non-hydrogen) atoms. The number of hydrogen-bond donors (Lipinski definition) is 2. The summed E-state index contributed by atoms with van der Waals surface area (Å²) < 4.78 is 1.52. The lowest BCUT2D eigenvalue weighted by atomic mass is 10.2. The first kappa shape index (κ1) is 13.4. The summed E-state index contributed by atoms with van der Waals surface area (Å²) in [5.41, 5.74) is 0.403. The molecular weight excluding hydrogens is 251 g/mol. The quantitative estimate of drug-likeness (QED) is 0.870. The molecule has 1 heterocycles. The number of rotatable bonds is 4. The Morgan fingerprint density at radius 3 is 2.69 bits per heavy atom. The first-order valence-electron chi connectivity index (χ1n) is 4.87. The van der Waals surface area contributed by atoms with Crippen molar-refractivity contribution >= 4 is 29.1 Å². The van der Waals surface area contributed by atoms with Gasteiger partial charge in [-0.05, 0) is 12.0 Å². The molecule has 0 radical (unpaired) electrons. The summed E-state index contributed by atoms with van der Waals surface area (Å²) in [7, 11) is 1.67. The van der Waals surface area contributed by atoms with Crippen LogP contribution < -0.4 is 5.32 Å². The third kappa shape index (κ3) is 2.90. The number of hydrogen-bond acceptors (Lipinski definition) is 2. The molecule has 0 aliphatic heterocycles. The minimum absolute atomic E-state index is 0.0233. The van der Waals surface area contributed by atoms with Crippen LogP contribution in [-0.2, 0) is 7.05 Å². The van der Waals surface area contributed by atoms with Crippen LogP contribution >= 0.6 is 23.2 Å². The maximum Gasteiger partial charge on any atom is 0.268 e. The molecule has 90 valence electrons. The lowest BCUT2D eigenvalue weighted by molar-refractivity contribution is 0.0934. The second-order valence-corrected chi connectivity index (χ2v) is 4.49. The van der Waals surface area contributed by atoms with Crippen molar-refractivity contribution in [2.45, 2.75) is 6.92 Å². The van der Waals surface area contributed by atoms with Crippen molar-refractivity contribution in [3.05, 3.63) is 21.9 Å². The molecule has 0 fully saturated rings. The van der Waals surface area contributed by atoms with E-state index in [4.69, 9.17) is 28.3 Å². The highest BCUT2D eigenvalue weighted by atomic mass is 35.5. The van der Waals surface area contributed by atoms with Gasteiger partial charge in [-0.15, -0.1) is 0 Å². The second-order valence-electron chi connectivity index (χ2n) is 3.73. The Morgan fingerprint density at radius 1 is 1.62 bits per heavy atom. The van der Waals surface area contributed by atoms with E-state index in [0.717, 1.165) is 0 Å². The molecule has 2 N–H and O–H groups in total. The van der Waals surface area contributed by atoms with Crippen molar-refractivity contribution in [2.75, 3.05) is 13.2 Å². The van der Waals surface area contributed by atoms with Crippen LogP contribution in [0, 0.1) is 5.92 Å². The number of aliphatic hydroxyl groups excluding tert-OH is 1. The van der Waals surface area contributed by atoms with Crippen LogP contribution in [0.5, 0.6) is 0 Å². The lowest BCUT2D eigenvalue weighted by Gasteiger charge is -2.10. The fourth-order valence-electron chi connectivity index (χ4n) is 1.18. The molecule has 0 saturated heterocycles. The number of aromatic nitrogens is 1. The van der Waals surface area contributed by atoms with E-state index in [-0.39, 0.29) is 18.4 Å². The van der Waals surface area contributed by atoms with Gasteiger partial charge in [0.05, 0.1) is 5.02 Å². The molecule has 4 nitrogen and oxygen atoms in total. The second kappa shape index (κ2) is 5.57. The van der Waals surface area contributed by atoms with Gasteiger partial charge in [0.25, 0.3) is 5.91 Å². The van der Waals surface area contributed by atoms with Crippen molar-refractivity contribution in [1.82, 2.24) is 9.88 Å². The molecule has 1 aromatic heterocycles. The van der Waals surface area contributed by atoms with E-state index in [1.54, 1.807) is 7.05 Å². The highest BCUT2D eigenvalue weighted by Crippen LogP contribution is 2.24. The van der Waals surface area contributed by atoms with Crippen molar-refractivity contribution < 1.29 is 9.90 Å². The summed E-state index contributed by atoms with van der Waals surface area (Å²) in [6, 6.07) is 1.52. The van der Waals surface area contributed by atoms with Gasteiger partial charge in [0, 0.05) is 20.2 Å². The zero-order valence-electron chi connectivity index (χ0n) is 9.13. The van der Waals surface area contributed by atoms with Crippen LogP contribution in [0.25, 0.3) is 0 Å². The molecule has 0 aliphatic rings. The van der Waals surface area contributed by atoms with Gasteiger partial charge >= 0.3 is 0 Å². The van der Waals surface area contributed by atoms with E-state index in [9.17, 15) is 4.79 Å². The van der Waals surface area contributed by atoms with Crippen LogP contribution in [0.4, 0.5) is 0 Å². The van der Waals surface area contributed by atoms with Gasteiger partial charge in [-0.1, -0.05) is 30.1 Å². The van der Waals surface area contributed by atoms with Gasteiger partial charge in [-0.25, -0.2) is 0 Å². The molecular formula is C10H14Cl2N2O2. The molecule has 0 aliphatic carbocycles. The minimum Gasteiger partial charge on any atom is -0.396 e. The maximum atomic E-state index is 11.7. The Morgan fingerprint density at radius 2 is 2.25 bits per heavy atom. The van der Waals surface area contributed by atoms with E-state index in [1.807, 2.05) is 6.92 Å². The zero-order valence-corrected chi connectivity index (χ0v) is 10.6. The minimum atomic E-state index is -0.253. The summed E-state index contributed by atoms with van der Waals surface area (Å²) in [6.07, 6.45) is 0. The monoisotopic (exact) mass is 264 g/mol. The van der Waals surface area contributed by atoms with Gasteiger partial charge in [0.15, 0.2) is 0 Å². The summed E-state index contributed by atoms with van der Waals surface area (Å²) in [5.74, 6) is -0.230. The highest BCUT2D eigenvalue weighted by Gasteiger charge is 2.15. The Kier molecular flexibility index (Phi) is 4.65. The smallest absolute Gasteiger partial charge is 0.268 e. The van der Waals surface area contributed by atoms with E-state index < -0.39 is 0 Å². The predicted octanol–water partition coefficient (Wildman–Crippen LogP) is 1.69. The molecule has 1 amide bonds. The van der Waals surface area contributed by atoms with E-state index >= 15 is 0 Å². The maximum absolute atomic E-state index is 11.7. The summed E-state index contributed by atoms with van der Waals surface area (Å²) in [6.45, 7) is 2.29. The molecule has 1 atom stereocenters. The Labute approximate surface area is 104 Å². The molecule has 1 unspecified atom stereocenters. The van der Waals surface area contributed by atoms with E-state index in [1.165, 1.54) is 10.6 Å². The number of carbonyl (C=O) groups excluding carboxylic acids is 1. The Balaban J connectivity index is 2.70. The molecule has 0 aromatic carbocycles. The standard InChI is InChI=1S/C10H14Cl2N2O2/c1-6(5-15)4-13-10(16)8-3-7(11)9(12)14(8)2/h3,6,15H,4-5H2,1-2H3,(H,13,16). The molecule has 1 aromatic rings. The SMILES string of the molecule is CC(CO)CNC(=O)c1cc(Cl)c(Cl)n1C. The van der Waals surface area contributed by atoms with Crippen molar-refractivity contribution in [3.63, 3.8) is 0 Å². The van der Waals surface area contributed by atoms with Crippen molar-refractivity contribution in [1.29, 1.82) is 0 Å². The topological polar surface area (TPSA) is 54.3 Å². The van der Waals surface area contributed by atoms with Gasteiger partial charge in [0.1, 0.15) is 10.8 Å². The average molecular weight is 265 g/mol. The van der Waals surface area contributed by atoms with Gasteiger partial charge in [0.2, 0.25) is 0 Å². The Hall–Kier alpha value is -0.710. The average Bonchev–Trinajstić information content (AvgIpc) is 2.53. The first-order valence-corrected chi connectivity index (χ1v) is 5.62. The van der Waals surface area contributed by atoms with Crippen LogP contribution in [0.3, 0.4) is 0 Å². The number of amides is 1. The molecule has 0 bridgehead atoms. The molecule has 0 spiro atoms. The number of halogens is 2. The Bertz CT molecular complexity index is 390. The van der Waals surface area contributed by atoms with Gasteiger partial charge in [-0.3, -0.25) is 4.79 Å². The summed E-state index contributed by atoms with van der Waals surface area (Å²) in [4.78, 5) is 11.7. The number of nitrogens with zero attached hydrogens (tertiary/aromatic N) is 1. The third-order valence-corrected chi connectivity index (χ3v) is 3.11. The lowest BCUT2D eigenvalue weighted by Crippen LogP contribution is -2.30. The van der Waals surface area contributed by atoms with Crippen LogP contribution in [0.1, 0.15) is 17.4 Å². The highest BCUT2D eigenvalue weighted by molar-refractivity contribution is 6.41. The van der Waals surface area contributed by atoms with E-state index in [2.05, 4.69) is 5.32 Å². The number of carbonyl (C=O) groups is 1. The first-order chi connectivity index (χ1) is 7.47. The van der Waals surface area contributed by atoms with Crippen LogP contribution in [0.15, 0.2) is 6.07 Å². The van der Waals surface area contributed by atoms with Gasteiger partial charge in [-0.2, -0.15) is 0 Å². The van der Waals surface area contributed by atoms with Crippen LogP contribution in [0.2, 0.25) is 10.2 Å². The largest absolute Gasteiger partial charge is 0.396 e. The normalized spacial score (nSPS) is 12.6. The summed E-state index contributed by atoms with van der Waals surface area (Å²) in [5, 5.41) is 12.2. The predicted molar refractivity (Wildman–Crippen MR) is 64.0 cm³/mol. The molecule has 1 rings (SSSR count). The zero-order chi connectivity index (χ0) is 12.3. The molecule has 6 heteroatoms. The van der Waals surface area contributed by atoms with Crippen LogP contribution in [-0.4, -0.2) is 28.7 Å². The van der Waals surface area contributed by atoms with E-state index in [0.29, 0.717) is 22.4 Å². The molecule has 0 saturated carbocycles. The summed E-state index contributed by atoms with van der Waals surface area (Å²) >= 11 is 11.6. The number of aliphatic hydroxyl groups is 1. The van der Waals surface area contributed by atoms with Crippen molar-refractivity contribution in [2.24, 2.45) is 13.0 Å². The number of nitrogens with one attached hydrogen (secondary N) is 1. The third-order valence-electron chi connectivity index (χ3n) is 2.27. The fourth-order valence-corrected chi connectivity index (χ4v) is 1.56. The fraction of sp³-hybridized carbons (Fsp3) is 0.500.